The topological polar surface area (TPSA) is 100 Å². The van der Waals surface area contributed by atoms with E-state index in [-0.39, 0.29) is 17.8 Å². The highest BCUT2D eigenvalue weighted by Gasteiger charge is 2.41. The fourth-order valence-corrected chi connectivity index (χ4v) is 6.87. The highest BCUT2D eigenvalue weighted by Crippen LogP contribution is 2.47. The number of nitrogens with one attached hydrogen (secondary N) is 3. The maximum absolute atomic E-state index is 12.3. The molecular formula is C17H18N8OS3. The number of rotatable bonds is 4. The number of carbonyl (C=O) groups is 1. The Balaban J connectivity index is 1.33. The first-order valence-electron chi connectivity index (χ1n) is 9.48. The van der Waals surface area contributed by atoms with Gasteiger partial charge in [0.1, 0.15) is 11.2 Å². The summed E-state index contributed by atoms with van der Waals surface area (Å²) < 4.78 is 2.11. The largest absolute Gasteiger partial charge is 0.301 e. The minimum absolute atomic E-state index is 0.0888. The Kier molecular flexibility index (Phi) is 4.34. The van der Waals surface area contributed by atoms with E-state index in [1.165, 1.54) is 56.9 Å². The summed E-state index contributed by atoms with van der Waals surface area (Å²) in [5.74, 6) is 0.935. The van der Waals surface area contributed by atoms with E-state index in [4.69, 9.17) is 0 Å². The van der Waals surface area contributed by atoms with Crippen molar-refractivity contribution in [3.63, 3.8) is 0 Å². The van der Waals surface area contributed by atoms with Gasteiger partial charge in [0.05, 0.1) is 12.4 Å². The van der Waals surface area contributed by atoms with Crippen LogP contribution < -0.4 is 21.1 Å². The van der Waals surface area contributed by atoms with Crippen molar-refractivity contribution in [2.24, 2.45) is 0 Å². The van der Waals surface area contributed by atoms with Crippen molar-refractivity contribution in [2.75, 3.05) is 22.7 Å². The van der Waals surface area contributed by atoms with E-state index in [2.05, 4.69) is 40.8 Å². The predicted octanol–water partition coefficient (Wildman–Crippen LogP) is 2.28. The Morgan fingerprint density at radius 2 is 2.28 bits per heavy atom. The van der Waals surface area contributed by atoms with Crippen LogP contribution in [0.4, 0.5) is 11.1 Å². The van der Waals surface area contributed by atoms with E-state index in [0.717, 1.165) is 23.9 Å². The number of thioether (sulfide) groups is 1. The average molecular weight is 447 g/mol. The van der Waals surface area contributed by atoms with Crippen molar-refractivity contribution in [3.8, 4) is 5.00 Å². The van der Waals surface area contributed by atoms with Gasteiger partial charge in [0.2, 0.25) is 11.9 Å². The number of aryl methyl sites for hydroxylation is 1. The second-order valence-corrected chi connectivity index (χ2v) is 9.95. The van der Waals surface area contributed by atoms with Gasteiger partial charge in [0.25, 0.3) is 0 Å². The second-order valence-electron chi connectivity index (χ2n) is 7.03. The third-order valence-electron chi connectivity index (χ3n) is 5.31. The zero-order valence-corrected chi connectivity index (χ0v) is 17.8. The number of thiophene rings is 1. The molecular weight excluding hydrogens is 428 g/mol. The normalized spacial score (nSPS) is 19.4. The predicted molar refractivity (Wildman–Crippen MR) is 114 cm³/mol. The van der Waals surface area contributed by atoms with Crippen molar-refractivity contribution in [2.45, 2.75) is 37.0 Å². The number of anilines is 2. The molecule has 3 aliphatic rings. The summed E-state index contributed by atoms with van der Waals surface area (Å²) in [6, 6.07) is 0. The quantitative estimate of drug-likeness (QED) is 0.525. The third kappa shape index (κ3) is 2.89. The summed E-state index contributed by atoms with van der Waals surface area (Å²) in [7, 11) is 0. The molecule has 3 aromatic rings. The lowest BCUT2D eigenvalue weighted by Crippen LogP contribution is -2.39. The standard InChI is InChI=1S/C17H18N8OS3/c26-11(21-15-18-5-6-27-15)7-28-17-23-22-16-24(17)14-12(13-19-8-20-25(13)16)9-3-1-2-4-10(9)29-14/h5-6,13,19-20H,1-4,7-8H2,(H,18,21,26). The maximum Gasteiger partial charge on any atom is 0.249 e. The van der Waals surface area contributed by atoms with E-state index >= 15 is 0 Å². The minimum Gasteiger partial charge on any atom is -0.301 e. The van der Waals surface area contributed by atoms with E-state index in [9.17, 15) is 4.79 Å². The minimum atomic E-state index is -0.0948. The van der Waals surface area contributed by atoms with Crippen LogP contribution >= 0.6 is 34.4 Å². The van der Waals surface area contributed by atoms with Crippen LogP contribution in [0.2, 0.25) is 0 Å². The van der Waals surface area contributed by atoms with E-state index < -0.39 is 0 Å². The summed E-state index contributed by atoms with van der Waals surface area (Å²) in [4.78, 5) is 17.9. The monoisotopic (exact) mass is 446 g/mol. The van der Waals surface area contributed by atoms with Crippen molar-refractivity contribution < 1.29 is 4.79 Å². The van der Waals surface area contributed by atoms with Crippen LogP contribution in [0, 0.1) is 0 Å². The molecule has 1 aliphatic carbocycles. The lowest BCUT2D eigenvalue weighted by atomic mass is 9.94. The van der Waals surface area contributed by atoms with Crippen LogP contribution in [0.3, 0.4) is 0 Å². The molecule has 0 bridgehead atoms. The summed E-state index contributed by atoms with van der Waals surface area (Å²) in [5.41, 5.74) is 6.20. The molecule has 2 aliphatic heterocycles. The molecule has 150 valence electrons. The second kappa shape index (κ2) is 7.06. The number of fused-ring (bicyclic) bond motifs is 8. The van der Waals surface area contributed by atoms with Crippen molar-refractivity contribution in [1.82, 2.24) is 30.5 Å². The molecule has 6 rings (SSSR count). The molecule has 0 radical (unpaired) electrons. The summed E-state index contributed by atoms with van der Waals surface area (Å²) in [6.45, 7) is 0.695. The Labute approximate surface area is 178 Å². The maximum atomic E-state index is 12.3. The Hall–Kier alpha value is -1.99. The lowest BCUT2D eigenvalue weighted by molar-refractivity contribution is -0.113. The number of aromatic nitrogens is 4. The smallest absolute Gasteiger partial charge is 0.249 e. The number of amides is 1. The fourth-order valence-electron chi connectivity index (χ4n) is 4.11. The molecule has 1 atom stereocenters. The van der Waals surface area contributed by atoms with Gasteiger partial charge in [-0.2, -0.15) is 0 Å². The van der Waals surface area contributed by atoms with Crippen molar-refractivity contribution in [3.05, 3.63) is 27.6 Å². The van der Waals surface area contributed by atoms with Crippen LogP contribution in [0.5, 0.6) is 0 Å². The Bertz CT molecular complexity index is 1080. The SMILES string of the molecule is O=C(CSc1nnc2n1-c1sc3c(c1C1NCNN21)CCCC3)Nc1nccs1. The van der Waals surface area contributed by atoms with E-state index in [1.807, 2.05) is 16.7 Å². The highest BCUT2D eigenvalue weighted by atomic mass is 32.2. The lowest BCUT2D eigenvalue weighted by Gasteiger charge is -2.31. The number of hydrazine groups is 1. The summed E-state index contributed by atoms with van der Waals surface area (Å²) in [5, 5.41) is 21.7. The molecule has 1 unspecified atom stereocenters. The van der Waals surface area contributed by atoms with Gasteiger partial charge < -0.3 is 5.32 Å². The molecule has 29 heavy (non-hydrogen) atoms. The van der Waals surface area contributed by atoms with Gasteiger partial charge in [-0.15, -0.1) is 32.9 Å². The number of hydrogen-bond donors (Lipinski definition) is 3. The van der Waals surface area contributed by atoms with Gasteiger partial charge in [-0.3, -0.25) is 15.1 Å². The molecule has 3 N–H and O–H groups in total. The Morgan fingerprint density at radius 3 is 3.17 bits per heavy atom. The van der Waals surface area contributed by atoms with Crippen LogP contribution in [0.1, 0.15) is 35.0 Å². The molecule has 12 heteroatoms. The number of hydrogen-bond acceptors (Lipinski definition) is 10. The van der Waals surface area contributed by atoms with Gasteiger partial charge >= 0.3 is 0 Å². The van der Waals surface area contributed by atoms with Gasteiger partial charge in [0, 0.05) is 22.0 Å². The fraction of sp³-hybridized carbons (Fsp3) is 0.412. The molecule has 5 heterocycles. The van der Waals surface area contributed by atoms with Gasteiger partial charge in [-0.25, -0.2) is 15.0 Å². The number of carbonyl (C=O) groups excluding carboxylic acids is 1. The van der Waals surface area contributed by atoms with E-state index in [0.29, 0.717) is 11.8 Å². The molecule has 1 amide bonds. The van der Waals surface area contributed by atoms with Gasteiger partial charge in [-0.1, -0.05) is 11.8 Å². The molecule has 1 saturated heterocycles. The van der Waals surface area contributed by atoms with Crippen LogP contribution in [-0.2, 0) is 17.6 Å². The van der Waals surface area contributed by atoms with Gasteiger partial charge in [0.15, 0.2) is 10.3 Å². The van der Waals surface area contributed by atoms with Crippen LogP contribution in [0.15, 0.2) is 16.7 Å². The molecule has 0 spiro atoms. The first-order valence-corrected chi connectivity index (χ1v) is 12.2. The molecule has 0 saturated carbocycles. The zero-order valence-electron chi connectivity index (χ0n) is 15.3. The van der Waals surface area contributed by atoms with Crippen LogP contribution in [-0.4, -0.2) is 38.1 Å². The Morgan fingerprint density at radius 1 is 1.34 bits per heavy atom. The zero-order chi connectivity index (χ0) is 19.4. The molecule has 9 nitrogen and oxygen atoms in total. The van der Waals surface area contributed by atoms with Crippen molar-refractivity contribution in [1.29, 1.82) is 0 Å². The number of thiazole rings is 1. The van der Waals surface area contributed by atoms with Crippen LogP contribution in [0.25, 0.3) is 5.00 Å². The first-order chi connectivity index (χ1) is 14.3. The van der Waals surface area contributed by atoms with Gasteiger partial charge in [-0.05, 0) is 31.2 Å². The van der Waals surface area contributed by atoms with Crippen molar-refractivity contribution >= 4 is 51.4 Å². The number of nitrogens with zero attached hydrogens (tertiary/aromatic N) is 5. The average Bonchev–Trinajstić information content (AvgIpc) is 3.49. The molecule has 1 fully saturated rings. The first kappa shape index (κ1) is 17.8. The molecule has 0 aromatic carbocycles. The highest BCUT2D eigenvalue weighted by molar-refractivity contribution is 7.99. The summed E-state index contributed by atoms with van der Waals surface area (Å²) >= 11 is 4.66. The van der Waals surface area contributed by atoms with E-state index in [1.54, 1.807) is 6.20 Å². The summed E-state index contributed by atoms with van der Waals surface area (Å²) in [6.07, 6.45) is 6.53. The third-order valence-corrected chi connectivity index (χ3v) is 8.23. The molecule has 3 aromatic heterocycles.